The van der Waals surface area contributed by atoms with Gasteiger partial charge >= 0.3 is 0 Å². The van der Waals surface area contributed by atoms with Crippen LogP contribution >= 0.6 is 0 Å². The van der Waals surface area contributed by atoms with Crippen molar-refractivity contribution >= 4 is 24.2 Å². The third-order valence-electron chi connectivity index (χ3n) is 4.84. The third kappa shape index (κ3) is 3.02. The summed E-state index contributed by atoms with van der Waals surface area (Å²) in [5.74, 6) is 0. The van der Waals surface area contributed by atoms with Crippen molar-refractivity contribution < 1.29 is 0 Å². The first-order valence-electron chi connectivity index (χ1n) is 8.17. The van der Waals surface area contributed by atoms with Crippen molar-refractivity contribution in [1.29, 1.82) is 0 Å². The van der Waals surface area contributed by atoms with Crippen molar-refractivity contribution in [3.63, 3.8) is 0 Å². The quantitative estimate of drug-likeness (QED) is 0.601. The molecule has 0 spiro atoms. The van der Waals surface area contributed by atoms with Crippen molar-refractivity contribution in [2.24, 2.45) is 7.05 Å². The summed E-state index contributed by atoms with van der Waals surface area (Å²) in [7, 11) is 0.893. The number of hydrogen-bond acceptors (Lipinski definition) is 0. The number of para-hydroxylation sites is 1. The van der Waals surface area contributed by atoms with Crippen LogP contribution in [0.3, 0.4) is 0 Å². The topological polar surface area (TPSA) is 4.93 Å². The Morgan fingerprint density at radius 3 is 2.32 bits per heavy atom. The first-order chi connectivity index (χ1) is 10.6. The van der Waals surface area contributed by atoms with E-state index in [1.54, 1.807) is 5.19 Å². The van der Waals surface area contributed by atoms with Gasteiger partial charge in [-0.15, -0.1) is 0 Å². The van der Waals surface area contributed by atoms with Gasteiger partial charge in [0.15, 0.2) is 0 Å². The summed E-state index contributed by atoms with van der Waals surface area (Å²) < 4.78 is 2.35. The molecule has 0 saturated heterocycles. The van der Waals surface area contributed by atoms with Gasteiger partial charge in [-0.1, -0.05) is 72.9 Å². The fraction of sp³-hybridized carbons (Fsp3) is 0.300. The number of aromatic nitrogens is 1. The first kappa shape index (κ1) is 15.1. The van der Waals surface area contributed by atoms with Gasteiger partial charge in [0.25, 0.3) is 0 Å². The van der Waals surface area contributed by atoms with Crippen LogP contribution in [-0.4, -0.2) is 12.6 Å². The predicted molar refractivity (Wildman–Crippen MR) is 99.6 cm³/mol. The molecule has 0 radical (unpaired) electrons. The minimum Gasteiger partial charge on any atom is -0.348 e. The summed E-state index contributed by atoms with van der Waals surface area (Å²) in [6.45, 7) is 4.98. The fourth-order valence-electron chi connectivity index (χ4n) is 3.33. The van der Waals surface area contributed by atoms with Crippen LogP contribution in [0.15, 0.2) is 60.7 Å². The van der Waals surface area contributed by atoms with Gasteiger partial charge in [-0.3, -0.25) is 0 Å². The zero-order chi connectivity index (χ0) is 15.6. The molecule has 0 aliphatic carbocycles. The summed E-state index contributed by atoms with van der Waals surface area (Å²) >= 11 is 0. The van der Waals surface area contributed by atoms with Gasteiger partial charge in [-0.2, -0.15) is 0 Å². The van der Waals surface area contributed by atoms with E-state index in [0.29, 0.717) is 0 Å². The number of benzene rings is 2. The van der Waals surface area contributed by atoms with Crippen LogP contribution in [-0.2, 0) is 13.5 Å². The Bertz CT molecular complexity index is 756. The van der Waals surface area contributed by atoms with E-state index < -0.39 is 8.07 Å². The van der Waals surface area contributed by atoms with Crippen LogP contribution in [0.5, 0.6) is 0 Å². The summed E-state index contributed by atoms with van der Waals surface area (Å²) in [6, 6.07) is 23.4. The highest BCUT2D eigenvalue weighted by molar-refractivity contribution is 6.89. The molecule has 1 heterocycles. The first-order valence-corrected chi connectivity index (χ1v) is 11.4. The highest BCUT2D eigenvalue weighted by atomic mass is 28.3. The lowest BCUT2D eigenvalue weighted by molar-refractivity contribution is 0.798. The lowest BCUT2D eigenvalue weighted by Gasteiger charge is -2.22. The Kier molecular flexibility index (Phi) is 4.21. The second-order valence-corrected chi connectivity index (χ2v) is 11.7. The largest absolute Gasteiger partial charge is 0.348 e. The van der Waals surface area contributed by atoms with E-state index >= 15 is 0 Å². The Balaban J connectivity index is 1.68. The molecule has 0 unspecified atom stereocenters. The molecule has 3 aromatic rings. The lowest BCUT2D eigenvalue weighted by Crippen LogP contribution is -2.40. The maximum Gasteiger partial charge on any atom is 0.0806 e. The Hall–Kier alpha value is -1.80. The highest BCUT2D eigenvalue weighted by Crippen LogP contribution is 2.21. The maximum atomic E-state index is 2.49. The minimum absolute atomic E-state index is 1.18. The molecule has 1 nitrogen and oxygen atoms in total. The van der Waals surface area contributed by atoms with E-state index in [-0.39, 0.29) is 0 Å². The van der Waals surface area contributed by atoms with Crippen LogP contribution in [0, 0.1) is 0 Å². The monoisotopic (exact) mass is 307 g/mol. The van der Waals surface area contributed by atoms with Gasteiger partial charge in [-0.25, -0.2) is 0 Å². The molecule has 0 N–H and O–H groups in total. The Morgan fingerprint density at radius 2 is 1.59 bits per heavy atom. The molecule has 0 amide bonds. The number of hydrogen-bond donors (Lipinski definition) is 0. The summed E-state index contributed by atoms with van der Waals surface area (Å²) in [6.07, 6.45) is 2.45. The second-order valence-electron chi connectivity index (χ2n) is 6.86. The van der Waals surface area contributed by atoms with Gasteiger partial charge in [0.2, 0.25) is 0 Å². The van der Waals surface area contributed by atoms with Crippen molar-refractivity contribution in [3.8, 4) is 0 Å². The van der Waals surface area contributed by atoms with E-state index in [1.165, 1.54) is 35.5 Å². The smallest absolute Gasteiger partial charge is 0.0806 e. The molecule has 0 bridgehead atoms. The zero-order valence-electron chi connectivity index (χ0n) is 13.8. The van der Waals surface area contributed by atoms with Gasteiger partial charge in [0, 0.05) is 18.3 Å². The van der Waals surface area contributed by atoms with Gasteiger partial charge in [0.05, 0.1) is 8.07 Å². The average molecular weight is 308 g/mol. The number of nitrogens with zero attached hydrogens (tertiary/aromatic N) is 1. The molecule has 0 atom stereocenters. The molecule has 2 heteroatoms. The molecule has 3 rings (SSSR count). The van der Waals surface area contributed by atoms with E-state index in [1.807, 2.05) is 0 Å². The highest BCUT2D eigenvalue weighted by Gasteiger charge is 2.22. The van der Waals surface area contributed by atoms with Gasteiger partial charge in [-0.05, 0) is 30.4 Å². The van der Waals surface area contributed by atoms with Crippen LogP contribution < -0.4 is 5.19 Å². The lowest BCUT2D eigenvalue weighted by atomic mass is 10.2. The SMILES string of the molecule is Cn1c(CCC[Si](C)(C)c2ccccc2)cc2ccccc21. The zero-order valence-corrected chi connectivity index (χ0v) is 14.8. The van der Waals surface area contributed by atoms with Crippen LogP contribution in [0.25, 0.3) is 10.9 Å². The van der Waals surface area contributed by atoms with E-state index in [0.717, 1.165) is 0 Å². The summed E-state index contributed by atoms with van der Waals surface area (Å²) in [5, 5.41) is 2.94. The molecule has 0 saturated carbocycles. The fourth-order valence-corrected chi connectivity index (χ4v) is 5.78. The van der Waals surface area contributed by atoms with E-state index in [2.05, 4.69) is 85.4 Å². The summed E-state index contributed by atoms with van der Waals surface area (Å²) in [5.41, 5.74) is 2.80. The normalized spacial score (nSPS) is 12.0. The minimum atomic E-state index is -1.30. The van der Waals surface area contributed by atoms with E-state index in [9.17, 15) is 0 Å². The van der Waals surface area contributed by atoms with Crippen molar-refractivity contribution in [2.45, 2.75) is 32.0 Å². The standard InChI is InChI=1S/C20H25NSi/c1-21-18(16-17-10-7-8-14-20(17)21)11-9-15-22(2,3)19-12-5-4-6-13-19/h4-8,10,12-14,16H,9,11,15H2,1-3H3. The molecular weight excluding hydrogens is 282 g/mol. The van der Waals surface area contributed by atoms with Gasteiger partial charge < -0.3 is 4.57 Å². The number of fused-ring (bicyclic) bond motifs is 1. The van der Waals surface area contributed by atoms with Crippen LogP contribution in [0.2, 0.25) is 19.1 Å². The second kappa shape index (κ2) is 6.13. The number of aryl methyl sites for hydroxylation is 2. The third-order valence-corrected chi connectivity index (χ3v) is 8.34. The molecule has 0 fully saturated rings. The molecule has 114 valence electrons. The van der Waals surface area contributed by atoms with Crippen LogP contribution in [0.4, 0.5) is 0 Å². The molecule has 2 aromatic carbocycles. The van der Waals surface area contributed by atoms with Crippen LogP contribution in [0.1, 0.15) is 12.1 Å². The Morgan fingerprint density at radius 1 is 0.909 bits per heavy atom. The maximum absolute atomic E-state index is 2.49. The van der Waals surface area contributed by atoms with Gasteiger partial charge in [0.1, 0.15) is 0 Å². The molecule has 22 heavy (non-hydrogen) atoms. The molecular formula is C20H25NSi. The number of rotatable bonds is 5. The average Bonchev–Trinajstić information content (AvgIpc) is 2.85. The Labute approximate surface area is 134 Å². The van der Waals surface area contributed by atoms with Crippen molar-refractivity contribution in [2.75, 3.05) is 0 Å². The predicted octanol–water partition coefficient (Wildman–Crippen LogP) is 4.73. The van der Waals surface area contributed by atoms with Crippen molar-refractivity contribution in [1.82, 2.24) is 4.57 Å². The summed E-state index contributed by atoms with van der Waals surface area (Å²) in [4.78, 5) is 0. The molecule has 0 aliphatic heterocycles. The molecule has 1 aromatic heterocycles. The van der Waals surface area contributed by atoms with Crippen molar-refractivity contribution in [3.05, 3.63) is 66.4 Å². The van der Waals surface area contributed by atoms with E-state index in [4.69, 9.17) is 0 Å². The molecule has 0 aliphatic rings.